The number of hydrogen-bond acceptors (Lipinski definition) is 2. The fraction of sp³-hybridized carbons (Fsp3) is 0.900. The van der Waals surface area contributed by atoms with Gasteiger partial charge < -0.3 is 0 Å². The second kappa shape index (κ2) is 3.91. The van der Waals surface area contributed by atoms with Gasteiger partial charge in [0.2, 0.25) is 0 Å². The van der Waals surface area contributed by atoms with E-state index in [2.05, 4.69) is 31.7 Å². The molecule has 1 rings (SSSR count). The molecule has 1 saturated heterocycles. The molecule has 1 aliphatic rings. The van der Waals surface area contributed by atoms with E-state index >= 15 is 0 Å². The normalized spacial score (nSPS) is 33.2. The summed E-state index contributed by atoms with van der Waals surface area (Å²) in [5.74, 6) is 1.51. The molecule has 3 unspecified atom stereocenters. The van der Waals surface area contributed by atoms with Crippen LogP contribution in [-0.4, -0.2) is 24.0 Å². The van der Waals surface area contributed by atoms with E-state index < -0.39 is 0 Å². The molecule has 0 aliphatic carbocycles. The van der Waals surface area contributed by atoms with Crippen molar-refractivity contribution in [3.8, 4) is 6.07 Å². The summed E-state index contributed by atoms with van der Waals surface area (Å²) in [6.07, 6.45) is 0.954. The van der Waals surface area contributed by atoms with Gasteiger partial charge in [0, 0.05) is 13.1 Å². The molecule has 0 aromatic carbocycles. The van der Waals surface area contributed by atoms with Crippen LogP contribution in [0.25, 0.3) is 0 Å². The van der Waals surface area contributed by atoms with Gasteiger partial charge in [-0.2, -0.15) is 5.26 Å². The number of hydrogen-bond donors (Lipinski definition) is 0. The van der Waals surface area contributed by atoms with E-state index in [4.69, 9.17) is 5.26 Å². The SMILES string of the molecule is CCC(C#N)N1CC(C)C(C)C1. The van der Waals surface area contributed by atoms with Crippen LogP contribution in [0.1, 0.15) is 27.2 Å². The summed E-state index contributed by atoms with van der Waals surface area (Å²) in [4.78, 5) is 2.31. The van der Waals surface area contributed by atoms with Crippen molar-refractivity contribution in [1.29, 1.82) is 5.26 Å². The summed E-state index contributed by atoms with van der Waals surface area (Å²) >= 11 is 0. The third-order valence-corrected chi connectivity index (χ3v) is 2.99. The van der Waals surface area contributed by atoms with E-state index in [1.54, 1.807) is 0 Å². The lowest BCUT2D eigenvalue weighted by Gasteiger charge is -2.19. The number of rotatable bonds is 2. The van der Waals surface area contributed by atoms with Crippen molar-refractivity contribution in [1.82, 2.24) is 4.90 Å². The van der Waals surface area contributed by atoms with E-state index in [0.29, 0.717) is 0 Å². The molecular formula is C10H18N2. The minimum atomic E-state index is 0.150. The van der Waals surface area contributed by atoms with Crippen LogP contribution in [-0.2, 0) is 0 Å². The molecule has 1 aliphatic heterocycles. The molecule has 1 fully saturated rings. The maximum Gasteiger partial charge on any atom is 0.0975 e. The molecule has 0 amide bonds. The summed E-state index contributed by atoms with van der Waals surface area (Å²) in [5, 5.41) is 8.87. The van der Waals surface area contributed by atoms with Crippen LogP contribution in [0.15, 0.2) is 0 Å². The van der Waals surface area contributed by atoms with Crippen LogP contribution in [0.3, 0.4) is 0 Å². The van der Waals surface area contributed by atoms with Gasteiger partial charge in [0.1, 0.15) is 0 Å². The van der Waals surface area contributed by atoms with E-state index in [9.17, 15) is 0 Å². The highest BCUT2D eigenvalue weighted by Gasteiger charge is 2.29. The van der Waals surface area contributed by atoms with Gasteiger partial charge in [0.05, 0.1) is 12.1 Å². The number of likely N-dealkylation sites (tertiary alicyclic amines) is 1. The van der Waals surface area contributed by atoms with Gasteiger partial charge in [-0.05, 0) is 18.3 Å². The van der Waals surface area contributed by atoms with E-state index in [-0.39, 0.29) is 6.04 Å². The molecular weight excluding hydrogens is 148 g/mol. The highest BCUT2D eigenvalue weighted by molar-refractivity contribution is 4.94. The highest BCUT2D eigenvalue weighted by atomic mass is 15.2. The van der Waals surface area contributed by atoms with E-state index in [0.717, 1.165) is 31.3 Å². The Morgan fingerprint density at radius 1 is 1.42 bits per heavy atom. The second-order valence-electron chi connectivity index (χ2n) is 3.96. The van der Waals surface area contributed by atoms with Gasteiger partial charge in [-0.15, -0.1) is 0 Å². The third-order valence-electron chi connectivity index (χ3n) is 2.99. The molecule has 0 aromatic heterocycles. The van der Waals surface area contributed by atoms with Gasteiger partial charge in [-0.25, -0.2) is 0 Å². The fourth-order valence-corrected chi connectivity index (χ4v) is 1.86. The van der Waals surface area contributed by atoms with Gasteiger partial charge in [-0.3, -0.25) is 4.90 Å². The van der Waals surface area contributed by atoms with Crippen molar-refractivity contribution in [3.63, 3.8) is 0 Å². The largest absolute Gasteiger partial charge is 0.288 e. The smallest absolute Gasteiger partial charge is 0.0975 e. The molecule has 12 heavy (non-hydrogen) atoms. The Hall–Kier alpha value is -0.550. The summed E-state index contributed by atoms with van der Waals surface area (Å²) in [7, 11) is 0. The summed E-state index contributed by atoms with van der Waals surface area (Å²) < 4.78 is 0. The average Bonchev–Trinajstić information content (AvgIpc) is 2.35. The van der Waals surface area contributed by atoms with Crippen molar-refractivity contribution in [2.75, 3.05) is 13.1 Å². The van der Waals surface area contributed by atoms with Gasteiger partial charge in [0.25, 0.3) is 0 Å². The molecule has 2 nitrogen and oxygen atoms in total. The molecule has 1 heterocycles. The van der Waals surface area contributed by atoms with Crippen LogP contribution >= 0.6 is 0 Å². The molecule has 0 spiro atoms. The third kappa shape index (κ3) is 1.78. The van der Waals surface area contributed by atoms with Gasteiger partial charge in [0.15, 0.2) is 0 Å². The van der Waals surface area contributed by atoms with E-state index in [1.165, 1.54) is 0 Å². The number of nitriles is 1. The van der Waals surface area contributed by atoms with Gasteiger partial charge >= 0.3 is 0 Å². The Bertz CT molecular complexity index is 173. The second-order valence-corrected chi connectivity index (χ2v) is 3.96. The lowest BCUT2D eigenvalue weighted by Crippen LogP contribution is -2.31. The molecule has 0 N–H and O–H groups in total. The first-order valence-corrected chi connectivity index (χ1v) is 4.82. The zero-order valence-electron chi connectivity index (χ0n) is 8.25. The Morgan fingerprint density at radius 2 is 1.92 bits per heavy atom. The minimum Gasteiger partial charge on any atom is -0.288 e. The fourth-order valence-electron chi connectivity index (χ4n) is 1.86. The van der Waals surface area contributed by atoms with Crippen molar-refractivity contribution in [3.05, 3.63) is 0 Å². The molecule has 3 atom stereocenters. The maximum atomic E-state index is 8.87. The lowest BCUT2D eigenvalue weighted by molar-refractivity contribution is 0.271. The first kappa shape index (κ1) is 9.54. The maximum absolute atomic E-state index is 8.87. The predicted molar refractivity (Wildman–Crippen MR) is 49.6 cm³/mol. The molecule has 0 aromatic rings. The van der Waals surface area contributed by atoms with Crippen LogP contribution in [0.4, 0.5) is 0 Å². The summed E-state index contributed by atoms with van der Waals surface area (Å²) in [6, 6.07) is 2.51. The zero-order chi connectivity index (χ0) is 9.14. The zero-order valence-corrected chi connectivity index (χ0v) is 8.25. The Balaban J connectivity index is 2.51. The first-order chi connectivity index (χ1) is 5.69. The lowest BCUT2D eigenvalue weighted by atomic mass is 10.0. The number of nitrogens with zero attached hydrogens (tertiary/aromatic N) is 2. The molecule has 0 saturated carbocycles. The molecule has 0 radical (unpaired) electrons. The van der Waals surface area contributed by atoms with Crippen molar-refractivity contribution in [2.24, 2.45) is 11.8 Å². The molecule has 0 bridgehead atoms. The first-order valence-electron chi connectivity index (χ1n) is 4.82. The minimum absolute atomic E-state index is 0.150. The van der Waals surface area contributed by atoms with Crippen LogP contribution in [0.2, 0.25) is 0 Å². The predicted octanol–water partition coefficient (Wildman–Crippen LogP) is 1.88. The Kier molecular flexibility index (Phi) is 3.11. The standard InChI is InChI=1S/C10H18N2/c1-4-10(5-11)12-6-8(2)9(3)7-12/h8-10H,4,6-7H2,1-3H3. The quantitative estimate of drug-likeness (QED) is 0.626. The Labute approximate surface area is 75.2 Å². The topological polar surface area (TPSA) is 27.0 Å². The van der Waals surface area contributed by atoms with Crippen LogP contribution in [0, 0.1) is 23.2 Å². The molecule has 2 heteroatoms. The van der Waals surface area contributed by atoms with Gasteiger partial charge in [-0.1, -0.05) is 20.8 Å². The van der Waals surface area contributed by atoms with Crippen LogP contribution in [0.5, 0.6) is 0 Å². The highest BCUT2D eigenvalue weighted by Crippen LogP contribution is 2.24. The van der Waals surface area contributed by atoms with E-state index in [1.807, 2.05) is 0 Å². The van der Waals surface area contributed by atoms with Crippen molar-refractivity contribution >= 4 is 0 Å². The summed E-state index contributed by atoms with van der Waals surface area (Å²) in [5.41, 5.74) is 0. The van der Waals surface area contributed by atoms with Crippen molar-refractivity contribution in [2.45, 2.75) is 33.2 Å². The van der Waals surface area contributed by atoms with Crippen LogP contribution < -0.4 is 0 Å². The summed E-state index contributed by atoms with van der Waals surface area (Å²) in [6.45, 7) is 8.84. The average molecular weight is 166 g/mol. The monoisotopic (exact) mass is 166 g/mol. The van der Waals surface area contributed by atoms with Crippen molar-refractivity contribution < 1.29 is 0 Å². The molecule has 68 valence electrons. The Morgan fingerprint density at radius 3 is 2.25 bits per heavy atom.